The molecule has 28 heavy (non-hydrogen) atoms. The number of aromatic nitrogens is 3. The van der Waals surface area contributed by atoms with Crippen LogP contribution in [0.2, 0.25) is 0 Å². The van der Waals surface area contributed by atoms with E-state index in [-0.39, 0.29) is 0 Å². The van der Waals surface area contributed by atoms with E-state index in [0.717, 1.165) is 40.6 Å². The van der Waals surface area contributed by atoms with Crippen LogP contribution in [0.3, 0.4) is 0 Å². The molecule has 0 spiro atoms. The molecule has 0 fully saturated rings. The van der Waals surface area contributed by atoms with E-state index >= 15 is 0 Å². The lowest BCUT2D eigenvalue weighted by molar-refractivity contribution is 0.468. The maximum atomic E-state index is 10.9. The third-order valence-electron chi connectivity index (χ3n) is 5.53. The molecule has 3 rings (SSSR count). The Balaban J connectivity index is 1.54. The predicted octanol–water partition coefficient (Wildman–Crippen LogP) is 6.79. The van der Waals surface area contributed by atoms with Crippen molar-refractivity contribution in [3.63, 3.8) is 0 Å². The molecule has 150 valence electrons. The molecule has 4 heteroatoms. The number of nitrogens with zero attached hydrogens (tertiary/aromatic N) is 2. The van der Waals surface area contributed by atoms with Crippen LogP contribution in [0.1, 0.15) is 76.7 Å². The first-order valence-corrected chi connectivity index (χ1v) is 10.9. The minimum atomic E-state index is 0.350. The van der Waals surface area contributed by atoms with Crippen LogP contribution in [0.5, 0.6) is 5.75 Å². The van der Waals surface area contributed by atoms with Crippen molar-refractivity contribution < 1.29 is 5.11 Å². The smallest absolute Gasteiger partial charge is 0.128 e. The fourth-order valence-electron chi connectivity index (χ4n) is 3.90. The molecule has 0 atom stereocenters. The molecule has 0 amide bonds. The summed E-state index contributed by atoms with van der Waals surface area (Å²) in [6, 6.07) is 11.9. The molecule has 2 N–H and O–H groups in total. The van der Waals surface area contributed by atoms with E-state index in [2.05, 4.69) is 22.3 Å². The third-order valence-corrected chi connectivity index (χ3v) is 5.53. The minimum Gasteiger partial charge on any atom is -0.507 e. The molecule has 4 nitrogen and oxygen atoms in total. The van der Waals surface area contributed by atoms with Crippen molar-refractivity contribution in [1.29, 1.82) is 0 Å². The monoisotopic (exact) mass is 379 g/mol. The zero-order chi connectivity index (χ0) is 19.6. The molecular weight excluding hydrogens is 346 g/mol. The van der Waals surface area contributed by atoms with Gasteiger partial charge in [0.2, 0.25) is 0 Å². The van der Waals surface area contributed by atoms with Gasteiger partial charge in [0.25, 0.3) is 0 Å². The van der Waals surface area contributed by atoms with E-state index in [9.17, 15) is 5.11 Å². The summed E-state index contributed by atoms with van der Waals surface area (Å²) < 4.78 is 0. The number of aromatic hydroxyl groups is 1. The standard InChI is InChI=1S/C24H33N3O/c1-2-3-4-5-6-7-8-9-10-12-17-20-18-21-23(26-27-25-21)22(24(20)28)19-15-13-11-14-16-19/h11,13-16,18,28H,2-10,12,17H2,1H3,(H,25,26,27). The fraction of sp³-hybridized carbons (Fsp3) is 0.500. The van der Waals surface area contributed by atoms with E-state index in [1.165, 1.54) is 57.8 Å². The maximum Gasteiger partial charge on any atom is 0.128 e. The summed E-state index contributed by atoms with van der Waals surface area (Å²) in [5, 5.41) is 22.1. The third kappa shape index (κ3) is 5.34. The second-order valence-corrected chi connectivity index (χ2v) is 7.75. The highest BCUT2D eigenvalue weighted by molar-refractivity contribution is 5.95. The molecule has 0 radical (unpaired) electrons. The highest BCUT2D eigenvalue weighted by Crippen LogP contribution is 2.38. The molecule has 0 aliphatic heterocycles. The summed E-state index contributed by atoms with van der Waals surface area (Å²) >= 11 is 0. The number of unbranched alkanes of at least 4 members (excludes halogenated alkanes) is 9. The number of phenols is 1. The number of fused-ring (bicyclic) bond motifs is 1. The number of benzene rings is 2. The van der Waals surface area contributed by atoms with Crippen molar-refractivity contribution in [2.75, 3.05) is 0 Å². The van der Waals surface area contributed by atoms with Crippen LogP contribution in [-0.2, 0) is 6.42 Å². The van der Waals surface area contributed by atoms with E-state index in [1.807, 2.05) is 36.4 Å². The average Bonchev–Trinajstić information content (AvgIpc) is 3.18. The fourth-order valence-corrected chi connectivity index (χ4v) is 3.90. The quantitative estimate of drug-likeness (QED) is 0.340. The van der Waals surface area contributed by atoms with E-state index in [4.69, 9.17) is 0 Å². The SMILES string of the molecule is CCCCCCCCCCCCc1cc2n[nH]nc2c(-c2ccccc2)c1O. The molecule has 2 aromatic carbocycles. The second-order valence-electron chi connectivity index (χ2n) is 7.75. The Labute approximate surface area is 168 Å². The van der Waals surface area contributed by atoms with Crippen LogP contribution in [0, 0.1) is 0 Å². The number of rotatable bonds is 12. The highest BCUT2D eigenvalue weighted by atomic mass is 16.3. The Morgan fingerprint density at radius 2 is 1.46 bits per heavy atom. The molecule has 0 saturated carbocycles. The number of phenolic OH excluding ortho intramolecular Hbond substituents is 1. The van der Waals surface area contributed by atoms with Crippen LogP contribution in [-0.4, -0.2) is 20.5 Å². The summed E-state index contributed by atoms with van der Waals surface area (Å²) in [7, 11) is 0. The number of nitrogens with one attached hydrogen (secondary N) is 1. The topological polar surface area (TPSA) is 61.8 Å². The molecule has 0 aliphatic carbocycles. The molecule has 0 aliphatic rings. The summed E-state index contributed by atoms with van der Waals surface area (Å²) in [6.07, 6.45) is 14.0. The highest BCUT2D eigenvalue weighted by Gasteiger charge is 2.17. The van der Waals surface area contributed by atoms with Gasteiger partial charge in [-0.05, 0) is 30.0 Å². The van der Waals surface area contributed by atoms with Crippen molar-refractivity contribution >= 4 is 11.0 Å². The zero-order valence-corrected chi connectivity index (χ0v) is 17.1. The Kier molecular flexibility index (Phi) is 7.89. The Hall–Kier alpha value is -2.36. The lowest BCUT2D eigenvalue weighted by Crippen LogP contribution is -1.92. The molecule has 0 unspecified atom stereocenters. The molecule has 1 heterocycles. The van der Waals surface area contributed by atoms with Crippen LogP contribution < -0.4 is 0 Å². The van der Waals surface area contributed by atoms with E-state index in [0.29, 0.717) is 5.75 Å². The summed E-state index contributed by atoms with van der Waals surface area (Å²) in [4.78, 5) is 0. The van der Waals surface area contributed by atoms with E-state index < -0.39 is 0 Å². The minimum absolute atomic E-state index is 0.350. The average molecular weight is 380 g/mol. The van der Waals surface area contributed by atoms with Crippen LogP contribution >= 0.6 is 0 Å². The van der Waals surface area contributed by atoms with Gasteiger partial charge in [-0.3, -0.25) is 0 Å². The van der Waals surface area contributed by atoms with Crippen molar-refractivity contribution in [1.82, 2.24) is 15.4 Å². The first kappa shape index (κ1) is 20.4. The number of aromatic amines is 1. The van der Waals surface area contributed by atoms with Gasteiger partial charge < -0.3 is 5.11 Å². The molecule has 0 bridgehead atoms. The lowest BCUT2D eigenvalue weighted by atomic mass is 9.96. The Morgan fingerprint density at radius 3 is 2.14 bits per heavy atom. The van der Waals surface area contributed by atoms with Crippen molar-refractivity contribution in [3.05, 3.63) is 42.0 Å². The zero-order valence-electron chi connectivity index (χ0n) is 17.1. The first-order chi connectivity index (χ1) is 13.8. The summed E-state index contributed by atoms with van der Waals surface area (Å²) in [6.45, 7) is 2.26. The van der Waals surface area contributed by atoms with Crippen LogP contribution in [0.4, 0.5) is 0 Å². The number of H-pyrrole nitrogens is 1. The summed E-state index contributed by atoms with van der Waals surface area (Å²) in [5.41, 5.74) is 4.28. The van der Waals surface area contributed by atoms with Gasteiger partial charge in [0.1, 0.15) is 16.8 Å². The molecule has 0 saturated heterocycles. The Bertz CT molecular complexity index is 842. The lowest BCUT2D eigenvalue weighted by Gasteiger charge is -2.11. The van der Waals surface area contributed by atoms with Gasteiger partial charge in [-0.1, -0.05) is 95.0 Å². The van der Waals surface area contributed by atoms with Gasteiger partial charge >= 0.3 is 0 Å². The molecule has 3 aromatic rings. The van der Waals surface area contributed by atoms with Crippen LogP contribution in [0.25, 0.3) is 22.2 Å². The van der Waals surface area contributed by atoms with E-state index in [1.54, 1.807) is 0 Å². The van der Waals surface area contributed by atoms with Crippen molar-refractivity contribution in [2.45, 2.75) is 77.6 Å². The van der Waals surface area contributed by atoms with Crippen LogP contribution in [0.15, 0.2) is 36.4 Å². The largest absolute Gasteiger partial charge is 0.507 e. The van der Waals surface area contributed by atoms with Gasteiger partial charge in [-0.25, -0.2) is 0 Å². The van der Waals surface area contributed by atoms with Crippen molar-refractivity contribution in [3.8, 4) is 16.9 Å². The van der Waals surface area contributed by atoms with Crippen molar-refractivity contribution in [2.24, 2.45) is 0 Å². The summed E-state index contributed by atoms with van der Waals surface area (Å²) in [5.74, 6) is 0.350. The number of hydrogen-bond donors (Lipinski definition) is 2. The van der Waals surface area contributed by atoms with Gasteiger partial charge in [-0.2, -0.15) is 15.4 Å². The number of hydrogen-bond acceptors (Lipinski definition) is 3. The van der Waals surface area contributed by atoms with Gasteiger partial charge in [0, 0.05) is 0 Å². The molecule has 1 aromatic heterocycles. The Morgan fingerprint density at radius 1 is 0.821 bits per heavy atom. The van der Waals surface area contributed by atoms with Gasteiger partial charge in [0.15, 0.2) is 0 Å². The molecular formula is C24H33N3O. The van der Waals surface area contributed by atoms with Gasteiger partial charge in [0.05, 0.1) is 5.56 Å². The second kappa shape index (κ2) is 10.8. The number of aryl methyl sites for hydroxylation is 1. The normalized spacial score (nSPS) is 11.3. The van der Waals surface area contributed by atoms with Gasteiger partial charge in [-0.15, -0.1) is 0 Å². The predicted molar refractivity (Wildman–Crippen MR) is 117 cm³/mol. The maximum absolute atomic E-state index is 10.9. The first-order valence-electron chi connectivity index (χ1n) is 10.9.